The Kier molecular flexibility index (Phi) is 8.85. The summed E-state index contributed by atoms with van der Waals surface area (Å²) in [6.07, 6.45) is -0.842. The van der Waals surface area contributed by atoms with Crippen LogP contribution in [-0.4, -0.2) is 93.1 Å². The van der Waals surface area contributed by atoms with Crippen LogP contribution < -0.4 is 15.4 Å². The molecule has 2 amide bonds. The van der Waals surface area contributed by atoms with Gasteiger partial charge in [0.15, 0.2) is 0 Å². The first kappa shape index (κ1) is 28.8. The number of benzene rings is 3. The highest BCUT2D eigenvalue weighted by Gasteiger charge is 2.29. The summed E-state index contributed by atoms with van der Waals surface area (Å²) in [4.78, 5) is 44.5. The van der Waals surface area contributed by atoms with E-state index in [1.54, 1.807) is 18.2 Å². The lowest BCUT2D eigenvalue weighted by Crippen LogP contribution is -2.49. The third-order valence-corrected chi connectivity index (χ3v) is 7.34. The largest absolute Gasteiger partial charge is 0.513 e. The van der Waals surface area contributed by atoms with Crippen LogP contribution in [0.15, 0.2) is 72.8 Å². The number of nitrogens with zero attached hydrogens (tertiary/aromatic N) is 3. The number of anilines is 2. The van der Waals surface area contributed by atoms with Crippen LogP contribution in [0.4, 0.5) is 16.2 Å². The zero-order valence-corrected chi connectivity index (χ0v) is 24.1. The normalized spacial score (nSPS) is 16.1. The van der Waals surface area contributed by atoms with E-state index in [9.17, 15) is 14.4 Å². The van der Waals surface area contributed by atoms with Gasteiger partial charge in [-0.15, -0.1) is 0 Å². The molecule has 10 heteroatoms. The Morgan fingerprint density at radius 1 is 0.929 bits per heavy atom. The molecule has 218 valence electrons. The molecule has 0 bridgehead atoms. The van der Waals surface area contributed by atoms with E-state index in [1.165, 1.54) is 7.11 Å². The van der Waals surface area contributed by atoms with E-state index < -0.39 is 6.16 Å². The molecule has 42 heavy (non-hydrogen) atoms. The first-order valence-electron chi connectivity index (χ1n) is 13.9. The van der Waals surface area contributed by atoms with Crippen molar-refractivity contribution < 1.29 is 23.9 Å². The number of ether oxygens (including phenoxy) is 2. The van der Waals surface area contributed by atoms with Crippen LogP contribution in [0.5, 0.6) is 5.75 Å². The Hall–Kier alpha value is -4.67. The number of likely N-dealkylation sites (N-methyl/N-ethyl adjacent to an activating group) is 1. The number of rotatable bonds is 8. The van der Waals surface area contributed by atoms with Gasteiger partial charge in [-0.05, 0) is 56.1 Å². The summed E-state index contributed by atoms with van der Waals surface area (Å²) >= 11 is 0. The number of nitrogens with one attached hydrogen (secondary N) is 2. The molecule has 1 saturated heterocycles. The molecule has 2 heterocycles. The minimum absolute atomic E-state index is 0.0181. The highest BCUT2D eigenvalue weighted by atomic mass is 16.7. The number of hydrogen-bond donors (Lipinski definition) is 2. The van der Waals surface area contributed by atoms with Gasteiger partial charge in [0.05, 0.1) is 24.1 Å². The van der Waals surface area contributed by atoms with Gasteiger partial charge in [0.2, 0.25) is 0 Å². The number of fused-ring (bicyclic) bond motifs is 1. The van der Waals surface area contributed by atoms with Crippen LogP contribution in [-0.2, 0) is 9.53 Å². The van der Waals surface area contributed by atoms with Gasteiger partial charge in [-0.25, -0.2) is 4.79 Å². The maximum atomic E-state index is 13.2. The maximum Gasteiger partial charge on any atom is 0.513 e. The van der Waals surface area contributed by atoms with E-state index in [0.29, 0.717) is 41.2 Å². The first-order chi connectivity index (χ1) is 20.3. The lowest BCUT2D eigenvalue weighted by Gasteiger charge is -2.35. The average molecular weight is 570 g/mol. The number of methoxy groups -OCH3 is 1. The van der Waals surface area contributed by atoms with Crippen molar-refractivity contribution in [3.63, 3.8) is 0 Å². The topological polar surface area (TPSA) is 103 Å². The molecule has 0 aromatic heterocycles. The van der Waals surface area contributed by atoms with E-state index >= 15 is 0 Å². The first-order valence-corrected chi connectivity index (χ1v) is 13.9. The second-order valence-electron chi connectivity index (χ2n) is 10.5. The minimum Gasteiger partial charge on any atom is -0.437 e. The summed E-state index contributed by atoms with van der Waals surface area (Å²) in [6, 6.07) is 21.8. The van der Waals surface area contributed by atoms with Gasteiger partial charge in [0.25, 0.3) is 11.8 Å². The fraction of sp³-hybridized carbons (Fsp3) is 0.281. The summed E-state index contributed by atoms with van der Waals surface area (Å²) in [7, 11) is 5.37. The van der Waals surface area contributed by atoms with Gasteiger partial charge in [0, 0.05) is 62.1 Å². The van der Waals surface area contributed by atoms with Crippen LogP contribution in [0.3, 0.4) is 0 Å². The summed E-state index contributed by atoms with van der Waals surface area (Å²) in [6.45, 7) is 5.15. The van der Waals surface area contributed by atoms with Crippen molar-refractivity contribution in [1.82, 2.24) is 14.7 Å². The fourth-order valence-corrected chi connectivity index (χ4v) is 5.02. The molecule has 0 spiro atoms. The Morgan fingerprint density at radius 3 is 2.31 bits per heavy atom. The number of piperazine rings is 1. The Morgan fingerprint density at radius 2 is 1.64 bits per heavy atom. The monoisotopic (exact) mass is 569 g/mol. The number of carbonyl (C=O) groups excluding carboxylic acids is 3. The summed E-state index contributed by atoms with van der Waals surface area (Å²) in [5.41, 5.74) is 4.43. The molecule has 0 unspecified atom stereocenters. The quantitative estimate of drug-likeness (QED) is 0.238. The molecule has 2 N–H and O–H groups in total. The summed E-state index contributed by atoms with van der Waals surface area (Å²) < 4.78 is 9.68. The maximum absolute atomic E-state index is 13.2. The molecular formula is C32H35N5O5. The van der Waals surface area contributed by atoms with E-state index in [-0.39, 0.29) is 17.6 Å². The fourth-order valence-electron chi connectivity index (χ4n) is 5.02. The van der Waals surface area contributed by atoms with Gasteiger partial charge in [-0.2, -0.15) is 0 Å². The predicted molar refractivity (Wildman–Crippen MR) is 162 cm³/mol. The Bertz CT molecular complexity index is 1480. The van der Waals surface area contributed by atoms with Crippen molar-refractivity contribution in [1.29, 1.82) is 0 Å². The van der Waals surface area contributed by atoms with Gasteiger partial charge < -0.3 is 29.9 Å². The van der Waals surface area contributed by atoms with Crippen LogP contribution in [0.1, 0.15) is 21.5 Å². The highest BCUT2D eigenvalue weighted by molar-refractivity contribution is 6.37. The molecule has 5 rings (SSSR count). The van der Waals surface area contributed by atoms with Crippen LogP contribution in [0.25, 0.3) is 11.3 Å². The third kappa shape index (κ3) is 6.62. The van der Waals surface area contributed by atoms with E-state index in [4.69, 9.17) is 4.74 Å². The SMILES string of the molecule is COC(=O)Oc1ccc2c(c1)NC(=O)/C2=C(\Nc1ccc(C(=O)N2CCN(CCN(C)C)CC2)cc1)c1ccccc1. The van der Waals surface area contributed by atoms with Crippen molar-refractivity contribution in [2.24, 2.45) is 0 Å². The van der Waals surface area contributed by atoms with E-state index in [2.05, 4.69) is 39.3 Å². The predicted octanol–water partition coefficient (Wildman–Crippen LogP) is 4.08. The van der Waals surface area contributed by atoms with Crippen LogP contribution in [0, 0.1) is 0 Å². The third-order valence-electron chi connectivity index (χ3n) is 7.34. The Balaban J connectivity index is 1.35. The molecule has 10 nitrogen and oxygen atoms in total. The molecule has 1 fully saturated rings. The molecule has 2 aliphatic rings. The molecule has 0 saturated carbocycles. The van der Waals surface area contributed by atoms with Crippen molar-refractivity contribution >= 4 is 40.6 Å². The Labute approximate surface area is 245 Å². The van der Waals surface area contributed by atoms with Crippen molar-refractivity contribution in [2.75, 3.05) is 71.1 Å². The minimum atomic E-state index is -0.842. The second-order valence-corrected chi connectivity index (χ2v) is 10.5. The van der Waals surface area contributed by atoms with Crippen LogP contribution >= 0.6 is 0 Å². The smallest absolute Gasteiger partial charge is 0.437 e. The summed E-state index contributed by atoms with van der Waals surface area (Å²) in [5, 5.41) is 6.28. The lowest BCUT2D eigenvalue weighted by atomic mass is 10.00. The van der Waals surface area contributed by atoms with Gasteiger partial charge in [-0.3, -0.25) is 14.5 Å². The van der Waals surface area contributed by atoms with Crippen molar-refractivity contribution in [2.45, 2.75) is 0 Å². The van der Waals surface area contributed by atoms with Crippen molar-refractivity contribution in [3.05, 3.63) is 89.5 Å². The standard InChI is InChI=1S/C32H35N5O5/c1-35(2)15-16-36-17-19-37(20-18-36)31(39)23-9-11-24(12-10-23)33-29(22-7-5-4-6-8-22)28-26-14-13-25(42-32(40)41-3)21-27(26)34-30(28)38/h4-14,21,33H,15-20H2,1-3H3,(H,34,38)/b29-28-. The number of amides is 2. The molecule has 0 atom stereocenters. The number of carbonyl (C=O) groups is 3. The molecule has 2 aliphatic heterocycles. The van der Waals surface area contributed by atoms with Gasteiger partial charge in [0.1, 0.15) is 5.75 Å². The van der Waals surface area contributed by atoms with E-state index in [0.717, 1.165) is 37.4 Å². The average Bonchev–Trinajstić information content (AvgIpc) is 3.33. The molecule has 0 aliphatic carbocycles. The van der Waals surface area contributed by atoms with E-state index in [1.807, 2.05) is 59.5 Å². The second kappa shape index (κ2) is 12.9. The molecular weight excluding hydrogens is 534 g/mol. The lowest BCUT2D eigenvalue weighted by molar-refractivity contribution is -0.110. The molecule has 3 aromatic rings. The summed E-state index contributed by atoms with van der Waals surface area (Å²) in [5.74, 6) is -0.0146. The van der Waals surface area contributed by atoms with Gasteiger partial charge in [-0.1, -0.05) is 30.3 Å². The molecule has 0 radical (unpaired) electrons. The number of hydrogen-bond acceptors (Lipinski definition) is 8. The molecule has 3 aromatic carbocycles. The van der Waals surface area contributed by atoms with Crippen molar-refractivity contribution in [3.8, 4) is 5.75 Å². The highest BCUT2D eigenvalue weighted by Crippen LogP contribution is 2.39. The van der Waals surface area contributed by atoms with Crippen LogP contribution in [0.2, 0.25) is 0 Å². The zero-order chi connectivity index (χ0) is 29.6. The zero-order valence-electron chi connectivity index (χ0n) is 24.1. The van der Waals surface area contributed by atoms with Gasteiger partial charge >= 0.3 is 6.16 Å².